The van der Waals surface area contributed by atoms with Crippen LogP contribution in [-0.2, 0) is 4.79 Å². The zero-order valence-electron chi connectivity index (χ0n) is 16.9. The van der Waals surface area contributed by atoms with Crippen LogP contribution in [0, 0.1) is 5.82 Å². The summed E-state index contributed by atoms with van der Waals surface area (Å²) >= 11 is 0. The fourth-order valence-corrected chi connectivity index (χ4v) is 4.11. The van der Waals surface area contributed by atoms with Gasteiger partial charge in [-0.25, -0.2) is 4.39 Å². The summed E-state index contributed by atoms with van der Waals surface area (Å²) in [5.41, 5.74) is 0.825. The smallest absolute Gasteiger partial charge is 0.387 e. The number of carbonyl (C=O) groups excluding carboxylic acids is 1. The lowest BCUT2D eigenvalue weighted by atomic mass is 9.85. The van der Waals surface area contributed by atoms with Gasteiger partial charge < -0.3 is 13.9 Å². The monoisotopic (exact) mass is 452 g/mol. The normalized spacial score (nSPS) is 15.4. The highest BCUT2D eigenvalue weighted by atomic mass is 19.3. The quantitative estimate of drug-likeness (QED) is 0.296. The molecule has 0 spiro atoms. The number of esters is 1. The van der Waals surface area contributed by atoms with E-state index in [9.17, 15) is 22.8 Å². The van der Waals surface area contributed by atoms with Gasteiger partial charge in [0.25, 0.3) is 0 Å². The molecule has 1 aromatic heterocycles. The highest BCUT2D eigenvalue weighted by Crippen LogP contribution is 2.43. The van der Waals surface area contributed by atoms with Gasteiger partial charge in [-0.2, -0.15) is 8.78 Å². The van der Waals surface area contributed by atoms with Crippen LogP contribution in [0.25, 0.3) is 22.1 Å². The van der Waals surface area contributed by atoms with Crippen LogP contribution in [0.3, 0.4) is 0 Å². The van der Waals surface area contributed by atoms with Crippen LogP contribution in [0.1, 0.15) is 23.5 Å². The van der Waals surface area contributed by atoms with Crippen molar-refractivity contribution in [1.29, 1.82) is 0 Å². The number of hydrogen-bond acceptors (Lipinski definition) is 5. The van der Waals surface area contributed by atoms with Crippen molar-refractivity contribution in [3.63, 3.8) is 0 Å². The summed E-state index contributed by atoms with van der Waals surface area (Å²) in [5.74, 6) is -1.58. The number of fused-ring (bicyclic) bond motifs is 3. The Balaban J connectivity index is 1.70. The number of ether oxygens (including phenoxy) is 2. The maximum Gasteiger partial charge on any atom is 0.387 e. The van der Waals surface area contributed by atoms with E-state index >= 15 is 0 Å². The van der Waals surface area contributed by atoms with Gasteiger partial charge in [-0.1, -0.05) is 30.3 Å². The number of alkyl halides is 2. The highest BCUT2D eigenvalue weighted by Gasteiger charge is 2.32. The van der Waals surface area contributed by atoms with Gasteiger partial charge in [0, 0.05) is 17.0 Å². The van der Waals surface area contributed by atoms with Crippen molar-refractivity contribution in [1.82, 2.24) is 0 Å². The largest absolute Gasteiger partial charge is 0.463 e. The van der Waals surface area contributed by atoms with Crippen molar-refractivity contribution in [3.8, 4) is 22.6 Å². The second-order valence-corrected chi connectivity index (χ2v) is 7.49. The van der Waals surface area contributed by atoms with Crippen LogP contribution < -0.4 is 14.9 Å². The van der Waals surface area contributed by atoms with Crippen molar-refractivity contribution >= 4 is 16.9 Å². The van der Waals surface area contributed by atoms with Crippen LogP contribution >= 0.6 is 0 Å². The zero-order chi connectivity index (χ0) is 23.1. The molecule has 1 aliphatic rings. The van der Waals surface area contributed by atoms with Gasteiger partial charge in [0.2, 0.25) is 5.43 Å². The van der Waals surface area contributed by atoms with Gasteiger partial charge in [-0.15, -0.1) is 0 Å². The van der Waals surface area contributed by atoms with Crippen molar-refractivity contribution in [3.05, 3.63) is 94.1 Å². The minimum absolute atomic E-state index is 0.0530. The molecule has 0 aliphatic carbocycles. The van der Waals surface area contributed by atoms with Crippen LogP contribution in [-0.4, -0.2) is 12.6 Å². The van der Waals surface area contributed by atoms with Gasteiger partial charge >= 0.3 is 12.6 Å². The average Bonchev–Trinajstić information content (AvgIpc) is 2.79. The Labute approximate surface area is 185 Å². The summed E-state index contributed by atoms with van der Waals surface area (Å²) in [6, 6.07) is 14.8. The number of rotatable bonds is 4. The van der Waals surface area contributed by atoms with E-state index in [0.717, 1.165) is 0 Å². The first-order valence-electron chi connectivity index (χ1n) is 10.0. The van der Waals surface area contributed by atoms with Crippen LogP contribution in [0.5, 0.6) is 11.5 Å². The summed E-state index contributed by atoms with van der Waals surface area (Å²) in [6.45, 7) is -3.00. The van der Waals surface area contributed by atoms with Gasteiger partial charge in [0.15, 0.2) is 0 Å². The number of hydrogen-bond donors (Lipinski definition) is 0. The molecule has 0 bridgehead atoms. The molecule has 2 heterocycles. The number of carbonyl (C=O) groups is 1. The van der Waals surface area contributed by atoms with Crippen LogP contribution in [0.15, 0.2) is 76.1 Å². The Hall–Kier alpha value is -4.07. The molecule has 0 saturated heterocycles. The molecule has 5 nitrogen and oxygen atoms in total. The van der Waals surface area contributed by atoms with E-state index in [1.165, 1.54) is 54.8 Å². The lowest BCUT2D eigenvalue weighted by molar-refractivity contribution is -0.135. The maximum atomic E-state index is 14.3. The maximum absolute atomic E-state index is 14.3. The molecule has 5 rings (SSSR count). The van der Waals surface area contributed by atoms with Crippen LogP contribution in [0.4, 0.5) is 13.2 Å². The number of benzene rings is 3. The molecular formula is C25H15F3O5. The predicted octanol–water partition coefficient (Wildman–Crippen LogP) is 5.64. The van der Waals surface area contributed by atoms with E-state index in [1.54, 1.807) is 12.1 Å². The third-order valence-electron chi connectivity index (χ3n) is 5.53. The SMILES string of the molecule is O=C1C[C@H](c2cccc(OC(F)F)c2)c2c(ccc3c(=O)c(-c4ccccc4F)coc23)O1. The molecule has 0 fully saturated rings. The third-order valence-corrected chi connectivity index (χ3v) is 5.53. The zero-order valence-corrected chi connectivity index (χ0v) is 16.9. The van der Waals surface area contributed by atoms with Crippen molar-refractivity contribution in [2.45, 2.75) is 19.0 Å². The first-order chi connectivity index (χ1) is 15.9. The summed E-state index contributed by atoms with van der Waals surface area (Å²) < 4.78 is 55.3. The molecule has 1 atom stereocenters. The Bertz CT molecular complexity index is 1440. The molecular weight excluding hydrogens is 437 g/mol. The lowest BCUT2D eigenvalue weighted by Gasteiger charge is -2.25. The van der Waals surface area contributed by atoms with E-state index in [0.29, 0.717) is 11.1 Å². The molecule has 0 amide bonds. The second-order valence-electron chi connectivity index (χ2n) is 7.49. The summed E-state index contributed by atoms with van der Waals surface area (Å²) in [6.07, 6.45) is 1.08. The molecule has 0 unspecified atom stereocenters. The molecule has 1 aliphatic heterocycles. The van der Waals surface area contributed by atoms with Gasteiger partial charge in [0.1, 0.15) is 29.2 Å². The molecule has 33 heavy (non-hydrogen) atoms. The first-order valence-corrected chi connectivity index (χ1v) is 10.0. The van der Waals surface area contributed by atoms with E-state index in [4.69, 9.17) is 9.15 Å². The second kappa shape index (κ2) is 8.12. The molecule has 166 valence electrons. The molecule has 8 heteroatoms. The van der Waals surface area contributed by atoms with Crippen molar-refractivity contribution in [2.24, 2.45) is 0 Å². The summed E-state index contributed by atoms with van der Waals surface area (Å²) in [7, 11) is 0. The Kier molecular flexibility index (Phi) is 5.12. The number of halogens is 3. The third kappa shape index (κ3) is 3.73. The lowest BCUT2D eigenvalue weighted by Crippen LogP contribution is -2.22. The Morgan fingerprint density at radius 3 is 2.58 bits per heavy atom. The molecule has 0 N–H and O–H groups in total. The van der Waals surface area contributed by atoms with Gasteiger partial charge in [-0.05, 0) is 35.9 Å². The van der Waals surface area contributed by atoms with E-state index in [-0.39, 0.29) is 40.0 Å². The molecule has 4 aromatic rings. The van der Waals surface area contributed by atoms with Crippen LogP contribution in [0.2, 0.25) is 0 Å². The fraction of sp³-hybridized carbons (Fsp3) is 0.120. The molecule has 0 saturated carbocycles. The van der Waals surface area contributed by atoms with E-state index in [1.807, 2.05) is 0 Å². The minimum atomic E-state index is -3.00. The molecule has 3 aromatic carbocycles. The summed E-state index contributed by atoms with van der Waals surface area (Å²) in [5, 5.41) is 0.178. The average molecular weight is 452 g/mol. The van der Waals surface area contributed by atoms with Gasteiger partial charge in [-0.3, -0.25) is 9.59 Å². The topological polar surface area (TPSA) is 65.7 Å². The summed E-state index contributed by atoms with van der Waals surface area (Å²) in [4.78, 5) is 25.5. The van der Waals surface area contributed by atoms with Crippen molar-refractivity contribution < 1.29 is 31.9 Å². The Morgan fingerprint density at radius 2 is 1.79 bits per heavy atom. The standard InChI is InChI=1S/C25H15F3O5/c26-19-7-2-1-6-15(19)18-12-31-24-16(23(18)30)8-9-20-22(24)17(11-21(29)33-20)13-4-3-5-14(10-13)32-25(27)28/h1-10,12,17,25H,11H2/t17-/m1/s1. The molecule has 0 radical (unpaired) electrons. The predicted molar refractivity (Wildman–Crippen MR) is 113 cm³/mol. The fourth-order valence-electron chi connectivity index (χ4n) is 4.11. The highest BCUT2D eigenvalue weighted by molar-refractivity contribution is 5.90. The van der Waals surface area contributed by atoms with E-state index in [2.05, 4.69) is 4.74 Å². The van der Waals surface area contributed by atoms with Crippen molar-refractivity contribution in [2.75, 3.05) is 0 Å². The first kappa shape index (κ1) is 20.8. The minimum Gasteiger partial charge on any atom is -0.463 e. The van der Waals surface area contributed by atoms with Gasteiger partial charge in [0.05, 0.1) is 17.4 Å². The Morgan fingerprint density at radius 1 is 0.970 bits per heavy atom. The van der Waals surface area contributed by atoms with E-state index < -0.39 is 29.7 Å².